The lowest BCUT2D eigenvalue weighted by atomic mass is 10.1. The first-order valence-electron chi connectivity index (χ1n) is 6.87. The third-order valence-corrected chi connectivity index (χ3v) is 4.39. The van der Waals surface area contributed by atoms with E-state index in [1.165, 1.54) is 29.7 Å². The largest absolute Gasteiger partial charge is 0.387 e. The summed E-state index contributed by atoms with van der Waals surface area (Å²) in [4.78, 5) is 16.6. The molecule has 1 aromatic heterocycles. The van der Waals surface area contributed by atoms with E-state index < -0.39 is 11.9 Å². The minimum absolute atomic E-state index is 0.00639. The van der Waals surface area contributed by atoms with Gasteiger partial charge >= 0.3 is 0 Å². The highest BCUT2D eigenvalue weighted by Crippen LogP contribution is 2.20. The fraction of sp³-hybridized carbons (Fsp3) is 0.333. The second-order valence-electron chi connectivity index (χ2n) is 4.77. The van der Waals surface area contributed by atoms with Crippen molar-refractivity contribution in [2.45, 2.75) is 25.9 Å². The summed E-state index contributed by atoms with van der Waals surface area (Å²) < 4.78 is 13.3. The van der Waals surface area contributed by atoms with Gasteiger partial charge in [-0.3, -0.25) is 4.79 Å². The van der Waals surface area contributed by atoms with Crippen molar-refractivity contribution < 1.29 is 14.3 Å². The number of amides is 1. The Balaban J connectivity index is 1.93. The Labute approximate surface area is 137 Å². The zero-order chi connectivity index (χ0) is 16.1. The van der Waals surface area contributed by atoms with Crippen LogP contribution in [0.3, 0.4) is 0 Å². The summed E-state index contributed by atoms with van der Waals surface area (Å²) in [5, 5.41) is 13.5. The fourth-order valence-electron chi connectivity index (χ4n) is 1.86. The van der Waals surface area contributed by atoms with Gasteiger partial charge in [-0.15, -0.1) is 11.3 Å². The summed E-state index contributed by atoms with van der Waals surface area (Å²) in [6.07, 6.45) is 2.33. The van der Waals surface area contributed by atoms with Gasteiger partial charge in [0.05, 0.1) is 22.3 Å². The van der Waals surface area contributed by atoms with Crippen molar-refractivity contribution in [3.63, 3.8) is 0 Å². The first-order chi connectivity index (χ1) is 10.5. The van der Waals surface area contributed by atoms with Crippen molar-refractivity contribution in [3.8, 4) is 0 Å². The first kappa shape index (κ1) is 16.9. The molecule has 1 aromatic carbocycles. The predicted molar refractivity (Wildman–Crippen MR) is 84.8 cm³/mol. The number of nitrogens with one attached hydrogen (secondary N) is 1. The van der Waals surface area contributed by atoms with E-state index in [2.05, 4.69) is 10.3 Å². The molecule has 2 N–H and O–H groups in total. The smallest absolute Gasteiger partial charge is 0.263 e. The molecular formula is C15H16ClFN2O2S. The van der Waals surface area contributed by atoms with E-state index in [-0.39, 0.29) is 17.5 Å². The molecule has 1 heterocycles. The van der Waals surface area contributed by atoms with Gasteiger partial charge in [0.2, 0.25) is 0 Å². The molecular weight excluding hydrogens is 327 g/mol. The summed E-state index contributed by atoms with van der Waals surface area (Å²) in [5.74, 6) is -0.899. The SMILES string of the molecule is CCCc1ncc(C(=O)NCC(O)c2ccc(Cl)c(F)c2)s1. The number of aromatic nitrogens is 1. The lowest BCUT2D eigenvalue weighted by Gasteiger charge is -2.12. The Morgan fingerprint density at radius 2 is 2.32 bits per heavy atom. The molecule has 0 aliphatic heterocycles. The number of hydrogen-bond acceptors (Lipinski definition) is 4. The number of aliphatic hydroxyl groups excluding tert-OH is 1. The molecule has 0 radical (unpaired) electrons. The number of rotatable bonds is 6. The third-order valence-electron chi connectivity index (χ3n) is 3.03. The van der Waals surface area contributed by atoms with Gasteiger partial charge in [0.25, 0.3) is 5.91 Å². The van der Waals surface area contributed by atoms with Crippen molar-refractivity contribution in [2.24, 2.45) is 0 Å². The topological polar surface area (TPSA) is 62.2 Å². The van der Waals surface area contributed by atoms with Gasteiger partial charge in [-0.2, -0.15) is 0 Å². The van der Waals surface area contributed by atoms with E-state index >= 15 is 0 Å². The van der Waals surface area contributed by atoms with Gasteiger partial charge in [0.1, 0.15) is 10.7 Å². The molecule has 22 heavy (non-hydrogen) atoms. The number of aliphatic hydroxyl groups is 1. The maximum absolute atomic E-state index is 13.3. The summed E-state index contributed by atoms with van der Waals surface area (Å²) in [5.41, 5.74) is 0.359. The maximum atomic E-state index is 13.3. The fourth-order valence-corrected chi connectivity index (χ4v) is 2.91. The Hall–Kier alpha value is -1.50. The molecule has 0 saturated heterocycles. The molecule has 0 aliphatic rings. The number of carbonyl (C=O) groups is 1. The summed E-state index contributed by atoms with van der Waals surface area (Å²) >= 11 is 6.92. The number of aryl methyl sites for hydroxylation is 1. The summed E-state index contributed by atoms with van der Waals surface area (Å²) in [6, 6.07) is 4.05. The van der Waals surface area contributed by atoms with Crippen molar-refractivity contribution in [1.29, 1.82) is 0 Å². The predicted octanol–water partition coefficient (Wildman–Crippen LogP) is 3.35. The van der Waals surface area contributed by atoms with Gasteiger partial charge in [-0.1, -0.05) is 24.6 Å². The highest BCUT2D eigenvalue weighted by Gasteiger charge is 2.14. The van der Waals surface area contributed by atoms with Gasteiger partial charge in [0.15, 0.2) is 0 Å². The molecule has 0 bridgehead atoms. The van der Waals surface area contributed by atoms with E-state index in [1.54, 1.807) is 0 Å². The average Bonchev–Trinajstić information content (AvgIpc) is 2.96. The third kappa shape index (κ3) is 4.25. The average molecular weight is 343 g/mol. The molecule has 2 rings (SSSR count). The van der Waals surface area contributed by atoms with Crippen LogP contribution in [0.15, 0.2) is 24.4 Å². The minimum Gasteiger partial charge on any atom is -0.387 e. The van der Waals surface area contributed by atoms with Crippen LogP contribution in [0, 0.1) is 5.82 Å². The number of nitrogens with zero attached hydrogens (tertiary/aromatic N) is 1. The quantitative estimate of drug-likeness (QED) is 0.846. The van der Waals surface area contributed by atoms with Crippen LogP contribution in [0.4, 0.5) is 4.39 Å². The lowest BCUT2D eigenvalue weighted by Crippen LogP contribution is -2.27. The Kier molecular flexibility index (Phi) is 5.88. The number of benzene rings is 1. The van der Waals surface area contributed by atoms with Crippen molar-refractivity contribution in [1.82, 2.24) is 10.3 Å². The second-order valence-corrected chi connectivity index (χ2v) is 6.29. The van der Waals surface area contributed by atoms with Crippen molar-refractivity contribution in [2.75, 3.05) is 6.54 Å². The van der Waals surface area contributed by atoms with Crippen molar-refractivity contribution >= 4 is 28.8 Å². The maximum Gasteiger partial charge on any atom is 0.263 e. The Bertz CT molecular complexity index is 663. The van der Waals surface area contributed by atoms with Crippen LogP contribution in [0.25, 0.3) is 0 Å². The van der Waals surface area contributed by atoms with Gasteiger partial charge in [-0.05, 0) is 30.5 Å². The molecule has 2 aromatic rings. The lowest BCUT2D eigenvalue weighted by molar-refractivity contribution is 0.0920. The van der Waals surface area contributed by atoms with Crippen LogP contribution in [-0.2, 0) is 6.42 Å². The zero-order valence-corrected chi connectivity index (χ0v) is 13.5. The van der Waals surface area contributed by atoms with E-state index in [9.17, 15) is 14.3 Å². The molecule has 4 nitrogen and oxygen atoms in total. The van der Waals surface area contributed by atoms with Gasteiger partial charge in [-0.25, -0.2) is 9.37 Å². The number of halogens is 2. The standard InChI is InChI=1S/C15H16ClFN2O2S/c1-2-3-14-18-8-13(22-14)15(21)19-7-12(20)9-4-5-10(16)11(17)6-9/h4-6,8,12,20H,2-3,7H2,1H3,(H,19,21). The monoisotopic (exact) mass is 342 g/mol. The molecule has 7 heteroatoms. The molecule has 118 valence electrons. The van der Waals surface area contributed by atoms with Crippen LogP contribution in [0.1, 0.15) is 39.7 Å². The molecule has 1 atom stereocenters. The van der Waals surface area contributed by atoms with E-state index in [0.29, 0.717) is 10.4 Å². The van der Waals surface area contributed by atoms with E-state index in [4.69, 9.17) is 11.6 Å². The van der Waals surface area contributed by atoms with Gasteiger partial charge in [0, 0.05) is 6.54 Å². The minimum atomic E-state index is -1.00. The van der Waals surface area contributed by atoms with Crippen LogP contribution in [-0.4, -0.2) is 22.5 Å². The number of hydrogen-bond donors (Lipinski definition) is 2. The first-order valence-corrected chi connectivity index (χ1v) is 8.06. The van der Waals surface area contributed by atoms with E-state index in [0.717, 1.165) is 23.9 Å². The molecule has 0 fully saturated rings. The molecule has 1 amide bonds. The summed E-state index contributed by atoms with van der Waals surface area (Å²) in [6.45, 7) is 2.03. The van der Waals surface area contributed by atoms with Crippen molar-refractivity contribution in [3.05, 3.63) is 50.7 Å². The normalized spacial score (nSPS) is 12.2. The second kappa shape index (κ2) is 7.67. The number of thiazole rings is 1. The Morgan fingerprint density at radius 3 is 3.00 bits per heavy atom. The molecule has 0 spiro atoms. The van der Waals surface area contributed by atoms with Crippen LogP contribution < -0.4 is 5.32 Å². The van der Waals surface area contributed by atoms with Crippen LogP contribution >= 0.6 is 22.9 Å². The van der Waals surface area contributed by atoms with Crippen LogP contribution in [0.5, 0.6) is 0 Å². The highest BCUT2D eigenvalue weighted by molar-refractivity contribution is 7.13. The highest BCUT2D eigenvalue weighted by atomic mass is 35.5. The van der Waals surface area contributed by atoms with Gasteiger partial charge < -0.3 is 10.4 Å². The zero-order valence-electron chi connectivity index (χ0n) is 12.0. The van der Waals surface area contributed by atoms with E-state index in [1.807, 2.05) is 6.92 Å². The molecule has 1 unspecified atom stereocenters. The van der Waals surface area contributed by atoms with Crippen LogP contribution in [0.2, 0.25) is 5.02 Å². The summed E-state index contributed by atoms with van der Waals surface area (Å²) in [7, 11) is 0. The molecule has 0 aliphatic carbocycles. The Morgan fingerprint density at radius 1 is 1.55 bits per heavy atom. The molecule has 0 saturated carbocycles. The number of carbonyl (C=O) groups excluding carboxylic acids is 1.